The van der Waals surface area contributed by atoms with Gasteiger partial charge in [-0.15, -0.1) is 0 Å². The molecule has 6 nitrogen and oxygen atoms in total. The van der Waals surface area contributed by atoms with E-state index in [0.29, 0.717) is 18.7 Å². The lowest BCUT2D eigenvalue weighted by Crippen LogP contribution is -2.50. The van der Waals surface area contributed by atoms with Crippen molar-refractivity contribution in [3.05, 3.63) is 30.1 Å². The van der Waals surface area contributed by atoms with Gasteiger partial charge in [0.25, 0.3) is 0 Å². The number of aromatic amines is 1. The molecule has 0 radical (unpaired) electrons. The summed E-state index contributed by atoms with van der Waals surface area (Å²) in [5, 5.41) is 11.1. The molecule has 3 rings (SSSR count). The van der Waals surface area contributed by atoms with Crippen molar-refractivity contribution in [1.82, 2.24) is 14.9 Å². The maximum Gasteiger partial charge on any atom is 0.410 e. The lowest BCUT2D eigenvalue weighted by molar-refractivity contribution is -0.0485. The number of amides is 1. The van der Waals surface area contributed by atoms with E-state index in [4.69, 9.17) is 4.74 Å². The molecule has 0 aromatic carbocycles. The van der Waals surface area contributed by atoms with Gasteiger partial charge >= 0.3 is 6.09 Å². The summed E-state index contributed by atoms with van der Waals surface area (Å²) < 4.78 is 5.42. The number of aromatic nitrogens is 2. The molecule has 1 fully saturated rings. The Morgan fingerprint density at radius 3 is 2.96 bits per heavy atom. The first kappa shape index (κ1) is 15.8. The Morgan fingerprint density at radius 2 is 2.26 bits per heavy atom. The van der Waals surface area contributed by atoms with E-state index in [2.05, 4.69) is 9.97 Å². The van der Waals surface area contributed by atoms with E-state index < -0.39 is 11.2 Å². The second-order valence-electron chi connectivity index (χ2n) is 7.16. The van der Waals surface area contributed by atoms with E-state index >= 15 is 0 Å². The number of ether oxygens (including phenoxy) is 1. The van der Waals surface area contributed by atoms with Crippen LogP contribution < -0.4 is 0 Å². The predicted octanol–water partition coefficient (Wildman–Crippen LogP) is 2.78. The molecular weight excluding hydrogens is 294 g/mol. The highest BCUT2D eigenvalue weighted by Crippen LogP contribution is 2.33. The highest BCUT2D eigenvalue weighted by atomic mass is 16.6. The van der Waals surface area contributed by atoms with Crippen LogP contribution in [0, 0.1) is 0 Å². The number of β-amino-alcohol motifs (C(OH)–C–C–N with tert-alkyl or cyclic N) is 1. The summed E-state index contributed by atoms with van der Waals surface area (Å²) in [4.78, 5) is 21.4. The third-order valence-electron chi connectivity index (χ3n) is 4.01. The van der Waals surface area contributed by atoms with Crippen molar-refractivity contribution in [1.29, 1.82) is 0 Å². The third kappa shape index (κ3) is 3.32. The smallest absolute Gasteiger partial charge is 0.410 e. The number of H-pyrrole nitrogens is 1. The summed E-state index contributed by atoms with van der Waals surface area (Å²) in [5.74, 6) is 0. The Labute approximate surface area is 135 Å². The number of hydrogen-bond donors (Lipinski definition) is 2. The van der Waals surface area contributed by atoms with E-state index in [0.717, 1.165) is 17.5 Å². The molecule has 1 saturated heterocycles. The van der Waals surface area contributed by atoms with E-state index in [1.54, 1.807) is 11.1 Å². The van der Waals surface area contributed by atoms with Crippen molar-refractivity contribution in [3.63, 3.8) is 0 Å². The number of pyridine rings is 1. The molecule has 23 heavy (non-hydrogen) atoms. The second-order valence-corrected chi connectivity index (χ2v) is 7.16. The van der Waals surface area contributed by atoms with Crippen molar-refractivity contribution in [3.8, 4) is 0 Å². The number of carbonyl (C=O) groups is 1. The second kappa shape index (κ2) is 5.53. The van der Waals surface area contributed by atoms with Gasteiger partial charge in [-0.1, -0.05) is 0 Å². The van der Waals surface area contributed by atoms with Gasteiger partial charge in [-0.25, -0.2) is 4.79 Å². The van der Waals surface area contributed by atoms with Gasteiger partial charge in [-0.3, -0.25) is 4.98 Å². The summed E-state index contributed by atoms with van der Waals surface area (Å²) in [6, 6.07) is 5.62. The molecule has 1 aliphatic heterocycles. The van der Waals surface area contributed by atoms with Crippen LogP contribution in [0.15, 0.2) is 24.4 Å². The van der Waals surface area contributed by atoms with Crippen LogP contribution in [0.1, 0.15) is 39.3 Å². The van der Waals surface area contributed by atoms with Gasteiger partial charge in [0.2, 0.25) is 0 Å². The highest BCUT2D eigenvalue weighted by Gasteiger charge is 2.39. The minimum Gasteiger partial charge on any atom is -0.444 e. The van der Waals surface area contributed by atoms with Gasteiger partial charge in [0.15, 0.2) is 0 Å². The molecule has 2 aromatic rings. The van der Waals surface area contributed by atoms with Crippen molar-refractivity contribution in [2.75, 3.05) is 13.1 Å². The summed E-state index contributed by atoms with van der Waals surface area (Å²) >= 11 is 0. The first-order chi connectivity index (χ1) is 10.8. The van der Waals surface area contributed by atoms with Gasteiger partial charge in [-0.05, 0) is 51.8 Å². The molecule has 0 aliphatic carbocycles. The minimum atomic E-state index is -1.10. The fraction of sp³-hybridized carbons (Fsp3) is 0.529. The van der Waals surface area contributed by atoms with Crippen LogP contribution in [0.3, 0.4) is 0 Å². The molecule has 6 heteroatoms. The summed E-state index contributed by atoms with van der Waals surface area (Å²) in [7, 11) is 0. The largest absolute Gasteiger partial charge is 0.444 e. The Hall–Kier alpha value is -2.08. The number of carbonyl (C=O) groups excluding carboxylic acids is 1. The van der Waals surface area contributed by atoms with Gasteiger partial charge in [-0.2, -0.15) is 0 Å². The average Bonchev–Trinajstić information content (AvgIpc) is 2.90. The van der Waals surface area contributed by atoms with Crippen LogP contribution in [0.4, 0.5) is 4.79 Å². The lowest BCUT2D eigenvalue weighted by Gasteiger charge is -2.39. The first-order valence-corrected chi connectivity index (χ1v) is 7.91. The zero-order valence-corrected chi connectivity index (χ0v) is 13.8. The predicted molar refractivity (Wildman–Crippen MR) is 87.0 cm³/mol. The number of likely N-dealkylation sites (tertiary alicyclic amines) is 1. The molecule has 1 unspecified atom stereocenters. The number of aliphatic hydroxyl groups is 1. The Morgan fingerprint density at radius 1 is 1.48 bits per heavy atom. The molecule has 2 N–H and O–H groups in total. The SMILES string of the molecule is CC(C)(C)OC(=O)N1CCCC(O)(c2cc3ncccc3[nH]2)C1. The van der Waals surface area contributed by atoms with Crippen LogP contribution in [0.5, 0.6) is 0 Å². The number of piperidine rings is 1. The summed E-state index contributed by atoms with van der Waals surface area (Å²) in [6.45, 7) is 6.32. The lowest BCUT2D eigenvalue weighted by atomic mass is 9.90. The summed E-state index contributed by atoms with van der Waals surface area (Å²) in [5.41, 5.74) is 0.739. The molecule has 1 aliphatic rings. The van der Waals surface area contributed by atoms with E-state index in [9.17, 15) is 9.90 Å². The summed E-state index contributed by atoms with van der Waals surface area (Å²) in [6.07, 6.45) is 2.65. The molecule has 0 bridgehead atoms. The van der Waals surface area contributed by atoms with Crippen LogP contribution in [0.2, 0.25) is 0 Å². The van der Waals surface area contributed by atoms with Crippen molar-refractivity contribution in [2.24, 2.45) is 0 Å². The van der Waals surface area contributed by atoms with Crippen molar-refractivity contribution in [2.45, 2.75) is 44.8 Å². The Balaban J connectivity index is 1.82. The van der Waals surface area contributed by atoms with Gasteiger partial charge in [0.05, 0.1) is 23.3 Å². The molecule has 124 valence electrons. The average molecular weight is 317 g/mol. The van der Waals surface area contributed by atoms with Crippen LogP contribution >= 0.6 is 0 Å². The van der Waals surface area contributed by atoms with Gasteiger partial charge in [0, 0.05) is 12.7 Å². The number of fused-ring (bicyclic) bond motifs is 1. The monoisotopic (exact) mass is 317 g/mol. The minimum absolute atomic E-state index is 0.217. The van der Waals surface area contributed by atoms with Crippen molar-refractivity contribution < 1.29 is 14.6 Å². The maximum atomic E-state index is 12.3. The zero-order chi connectivity index (χ0) is 16.7. The van der Waals surface area contributed by atoms with Crippen LogP contribution in [-0.2, 0) is 10.3 Å². The number of hydrogen-bond acceptors (Lipinski definition) is 4. The molecule has 0 spiro atoms. The van der Waals surface area contributed by atoms with E-state index in [1.807, 2.05) is 39.0 Å². The topological polar surface area (TPSA) is 78.4 Å². The molecule has 3 heterocycles. The standard InChI is InChI=1S/C17H23N3O3/c1-16(2,3)23-15(21)20-9-5-7-17(22,11-20)14-10-13-12(19-14)6-4-8-18-13/h4,6,8,10,19,22H,5,7,9,11H2,1-3H3. The first-order valence-electron chi connectivity index (χ1n) is 7.91. The number of rotatable bonds is 1. The van der Waals surface area contributed by atoms with Gasteiger partial charge in [0.1, 0.15) is 11.2 Å². The number of nitrogens with one attached hydrogen (secondary N) is 1. The fourth-order valence-corrected chi connectivity index (χ4v) is 2.95. The molecule has 0 saturated carbocycles. The maximum absolute atomic E-state index is 12.3. The molecular formula is C17H23N3O3. The van der Waals surface area contributed by atoms with Crippen LogP contribution in [0.25, 0.3) is 11.0 Å². The third-order valence-corrected chi connectivity index (χ3v) is 4.01. The Kier molecular flexibility index (Phi) is 3.80. The van der Waals surface area contributed by atoms with Gasteiger partial charge < -0.3 is 19.7 Å². The molecule has 1 amide bonds. The quantitative estimate of drug-likeness (QED) is 0.848. The normalized spacial score (nSPS) is 22.3. The van der Waals surface area contributed by atoms with E-state index in [-0.39, 0.29) is 12.6 Å². The zero-order valence-electron chi connectivity index (χ0n) is 13.8. The Bertz CT molecular complexity index is 686. The molecule has 2 aromatic heterocycles. The highest BCUT2D eigenvalue weighted by molar-refractivity contribution is 5.76. The van der Waals surface area contributed by atoms with Crippen molar-refractivity contribution >= 4 is 17.1 Å². The molecule has 1 atom stereocenters. The van der Waals surface area contributed by atoms with Crippen LogP contribution in [-0.4, -0.2) is 44.8 Å². The van der Waals surface area contributed by atoms with E-state index in [1.165, 1.54) is 0 Å². The fourth-order valence-electron chi connectivity index (χ4n) is 2.95. The number of nitrogens with zero attached hydrogens (tertiary/aromatic N) is 2.